The predicted octanol–water partition coefficient (Wildman–Crippen LogP) is 4.72. The Morgan fingerprint density at radius 2 is 1.95 bits per heavy atom. The van der Waals surface area contributed by atoms with Gasteiger partial charge < -0.3 is 4.74 Å². The van der Waals surface area contributed by atoms with E-state index in [-0.39, 0.29) is 5.75 Å². The number of nitrogens with one attached hydrogen (secondary N) is 1. The van der Waals surface area contributed by atoms with Gasteiger partial charge in [-0.2, -0.15) is 0 Å². The minimum Gasteiger partial charge on any atom is -0.406 e. The Morgan fingerprint density at radius 3 is 2.48 bits per heavy atom. The molecule has 0 aliphatic heterocycles. The highest BCUT2D eigenvalue weighted by Crippen LogP contribution is 2.38. The van der Waals surface area contributed by atoms with E-state index in [1.165, 1.54) is 29.5 Å². The summed E-state index contributed by atoms with van der Waals surface area (Å²) >= 11 is 8.16. The van der Waals surface area contributed by atoms with E-state index in [1.807, 2.05) is 6.07 Å². The SMILES string of the molecule is NNC(c1cccc(OC(F)(F)F)c1)c1cc(Br)c(Br)s1. The van der Waals surface area contributed by atoms with Gasteiger partial charge in [-0.05, 0) is 55.6 Å². The standard InChI is InChI=1S/C12H9Br2F3N2OS/c13-8-5-9(21-11(8)14)10(19-18)6-2-1-3-7(4-6)20-12(15,16)17/h1-5,10,19H,18H2. The molecule has 1 atom stereocenters. The third-order valence-electron chi connectivity index (χ3n) is 2.54. The van der Waals surface area contributed by atoms with Crippen LogP contribution in [0.4, 0.5) is 13.2 Å². The molecule has 0 saturated carbocycles. The minimum atomic E-state index is -4.72. The molecule has 21 heavy (non-hydrogen) atoms. The summed E-state index contributed by atoms with van der Waals surface area (Å²) in [4.78, 5) is 0.848. The molecule has 0 aliphatic carbocycles. The van der Waals surface area contributed by atoms with Gasteiger partial charge in [0.05, 0.1) is 9.83 Å². The second-order valence-corrected chi connectivity index (χ2v) is 7.25. The lowest BCUT2D eigenvalue weighted by atomic mass is 10.1. The van der Waals surface area contributed by atoms with Gasteiger partial charge >= 0.3 is 6.36 Å². The first-order chi connectivity index (χ1) is 9.80. The van der Waals surface area contributed by atoms with Crippen LogP contribution in [0.2, 0.25) is 0 Å². The van der Waals surface area contributed by atoms with Crippen LogP contribution >= 0.6 is 43.2 Å². The fraction of sp³-hybridized carbons (Fsp3) is 0.167. The molecule has 0 bridgehead atoms. The highest BCUT2D eigenvalue weighted by Gasteiger charge is 2.31. The van der Waals surface area contributed by atoms with Crippen LogP contribution in [0, 0.1) is 0 Å². The van der Waals surface area contributed by atoms with Gasteiger partial charge in [0.25, 0.3) is 0 Å². The average molecular weight is 446 g/mol. The van der Waals surface area contributed by atoms with E-state index in [2.05, 4.69) is 42.0 Å². The first-order valence-electron chi connectivity index (χ1n) is 5.56. The van der Waals surface area contributed by atoms with E-state index in [0.717, 1.165) is 13.1 Å². The number of hydrogen-bond donors (Lipinski definition) is 2. The topological polar surface area (TPSA) is 47.3 Å². The van der Waals surface area contributed by atoms with Gasteiger partial charge in [0.1, 0.15) is 5.75 Å². The first kappa shape index (κ1) is 16.8. The fourth-order valence-corrected chi connectivity index (χ4v) is 3.92. The van der Waals surface area contributed by atoms with Crippen molar-refractivity contribution in [3.63, 3.8) is 0 Å². The second kappa shape index (κ2) is 6.66. The van der Waals surface area contributed by atoms with Crippen LogP contribution in [0.1, 0.15) is 16.5 Å². The zero-order valence-electron chi connectivity index (χ0n) is 10.2. The van der Waals surface area contributed by atoms with Crippen molar-refractivity contribution in [1.29, 1.82) is 0 Å². The zero-order chi connectivity index (χ0) is 15.6. The van der Waals surface area contributed by atoms with Crippen molar-refractivity contribution in [2.75, 3.05) is 0 Å². The lowest BCUT2D eigenvalue weighted by Crippen LogP contribution is -2.28. The summed E-state index contributed by atoms with van der Waals surface area (Å²) in [5, 5.41) is 0. The van der Waals surface area contributed by atoms with Crippen molar-refractivity contribution >= 4 is 43.2 Å². The normalized spacial score (nSPS) is 13.2. The number of hydrazine groups is 1. The maximum atomic E-state index is 12.3. The van der Waals surface area contributed by atoms with Crippen molar-refractivity contribution in [2.45, 2.75) is 12.4 Å². The van der Waals surface area contributed by atoms with Gasteiger partial charge in [0, 0.05) is 9.35 Å². The molecule has 3 N–H and O–H groups in total. The molecule has 114 valence electrons. The summed E-state index contributed by atoms with van der Waals surface area (Å²) in [5.74, 6) is 5.25. The summed E-state index contributed by atoms with van der Waals surface area (Å²) < 4.78 is 42.4. The summed E-state index contributed by atoms with van der Waals surface area (Å²) in [6.45, 7) is 0. The minimum absolute atomic E-state index is 0.282. The fourth-order valence-electron chi connectivity index (χ4n) is 1.74. The van der Waals surface area contributed by atoms with Crippen LogP contribution in [0.25, 0.3) is 0 Å². The quantitative estimate of drug-likeness (QED) is 0.528. The molecule has 0 spiro atoms. The molecule has 1 aromatic carbocycles. The molecule has 0 aliphatic rings. The van der Waals surface area contributed by atoms with Crippen LogP contribution in [-0.4, -0.2) is 6.36 Å². The van der Waals surface area contributed by atoms with E-state index < -0.39 is 12.4 Å². The number of alkyl halides is 3. The molecule has 1 aromatic heterocycles. The Morgan fingerprint density at radius 1 is 1.24 bits per heavy atom. The molecule has 1 unspecified atom stereocenters. The Labute approximate surface area is 139 Å². The Kier molecular flexibility index (Phi) is 5.31. The molecule has 2 aromatic rings. The number of halogens is 5. The summed E-state index contributed by atoms with van der Waals surface area (Å²) in [6, 6.07) is 7.11. The average Bonchev–Trinajstić information content (AvgIpc) is 2.68. The monoisotopic (exact) mass is 444 g/mol. The van der Waals surface area contributed by atoms with Gasteiger partial charge in [0.2, 0.25) is 0 Å². The van der Waals surface area contributed by atoms with Crippen LogP contribution in [0.5, 0.6) is 5.75 Å². The van der Waals surface area contributed by atoms with Crippen molar-refractivity contribution in [3.8, 4) is 5.75 Å². The third kappa shape index (κ3) is 4.43. The van der Waals surface area contributed by atoms with E-state index in [9.17, 15) is 13.2 Å². The summed E-state index contributed by atoms with van der Waals surface area (Å²) in [5.41, 5.74) is 3.17. The molecular weight excluding hydrogens is 437 g/mol. The van der Waals surface area contributed by atoms with Gasteiger partial charge in [-0.3, -0.25) is 5.84 Å². The highest BCUT2D eigenvalue weighted by atomic mass is 79.9. The van der Waals surface area contributed by atoms with Crippen molar-refractivity contribution in [2.24, 2.45) is 5.84 Å². The second-order valence-electron chi connectivity index (χ2n) is 3.99. The zero-order valence-corrected chi connectivity index (χ0v) is 14.2. The molecule has 0 saturated heterocycles. The van der Waals surface area contributed by atoms with Crippen LogP contribution in [-0.2, 0) is 0 Å². The van der Waals surface area contributed by atoms with Crippen LogP contribution in [0.3, 0.4) is 0 Å². The van der Waals surface area contributed by atoms with Crippen molar-refractivity contribution in [1.82, 2.24) is 5.43 Å². The Bertz CT molecular complexity index is 614. The van der Waals surface area contributed by atoms with Gasteiger partial charge in [-0.1, -0.05) is 12.1 Å². The summed E-state index contributed by atoms with van der Waals surface area (Å²) in [7, 11) is 0. The molecule has 0 fully saturated rings. The first-order valence-corrected chi connectivity index (χ1v) is 7.97. The smallest absolute Gasteiger partial charge is 0.406 e. The molecule has 2 rings (SSSR count). The van der Waals surface area contributed by atoms with Crippen LogP contribution < -0.4 is 16.0 Å². The van der Waals surface area contributed by atoms with E-state index in [0.29, 0.717) is 5.56 Å². The highest BCUT2D eigenvalue weighted by molar-refractivity contribution is 9.13. The maximum Gasteiger partial charge on any atom is 0.573 e. The van der Waals surface area contributed by atoms with E-state index in [1.54, 1.807) is 6.07 Å². The number of ether oxygens (including phenoxy) is 1. The van der Waals surface area contributed by atoms with Gasteiger partial charge in [-0.25, -0.2) is 5.43 Å². The third-order valence-corrected chi connectivity index (χ3v) is 5.86. The molecule has 0 amide bonds. The number of nitrogens with two attached hydrogens (primary N) is 1. The number of hydrogen-bond acceptors (Lipinski definition) is 4. The molecule has 1 heterocycles. The lowest BCUT2D eigenvalue weighted by molar-refractivity contribution is -0.274. The number of benzene rings is 1. The predicted molar refractivity (Wildman–Crippen MR) is 82.0 cm³/mol. The van der Waals surface area contributed by atoms with Crippen LogP contribution in [0.15, 0.2) is 38.6 Å². The Balaban J connectivity index is 2.32. The molecule has 9 heteroatoms. The Hall–Kier alpha value is -0.610. The van der Waals surface area contributed by atoms with Crippen molar-refractivity contribution in [3.05, 3.63) is 49.0 Å². The number of thiophene rings is 1. The van der Waals surface area contributed by atoms with Gasteiger partial charge in [0.15, 0.2) is 0 Å². The summed E-state index contributed by atoms with van der Waals surface area (Å²) in [6.07, 6.45) is -4.72. The van der Waals surface area contributed by atoms with Crippen molar-refractivity contribution < 1.29 is 17.9 Å². The largest absolute Gasteiger partial charge is 0.573 e. The molecule has 0 radical (unpaired) electrons. The number of rotatable bonds is 4. The maximum absolute atomic E-state index is 12.3. The van der Waals surface area contributed by atoms with Gasteiger partial charge in [-0.15, -0.1) is 24.5 Å². The molecular formula is C12H9Br2F3N2OS. The lowest BCUT2D eigenvalue weighted by Gasteiger charge is -2.16. The molecule has 3 nitrogen and oxygen atoms in total. The van der Waals surface area contributed by atoms with E-state index in [4.69, 9.17) is 5.84 Å². The van der Waals surface area contributed by atoms with E-state index >= 15 is 0 Å².